The minimum absolute atomic E-state index is 0.0348. The summed E-state index contributed by atoms with van der Waals surface area (Å²) in [7, 11) is 0. The van der Waals surface area contributed by atoms with Crippen LogP contribution in [0.1, 0.15) is 17.2 Å². The van der Waals surface area contributed by atoms with Gasteiger partial charge in [0.1, 0.15) is 12.4 Å². The van der Waals surface area contributed by atoms with Crippen molar-refractivity contribution in [3.8, 4) is 11.5 Å². The molecule has 2 aromatic rings. The lowest BCUT2D eigenvalue weighted by Gasteiger charge is -2.32. The predicted molar refractivity (Wildman–Crippen MR) is 78.8 cm³/mol. The van der Waals surface area contributed by atoms with E-state index < -0.39 is 6.10 Å². The van der Waals surface area contributed by atoms with Gasteiger partial charge in [0, 0.05) is 13.0 Å². The first-order valence-corrected chi connectivity index (χ1v) is 7.42. The van der Waals surface area contributed by atoms with Gasteiger partial charge in [0.05, 0.1) is 17.9 Å². The van der Waals surface area contributed by atoms with Crippen molar-refractivity contribution in [2.45, 2.75) is 26.0 Å². The van der Waals surface area contributed by atoms with E-state index in [1.165, 1.54) is 0 Å². The first kappa shape index (κ1) is 13.2. The Morgan fingerprint density at radius 3 is 3.05 bits per heavy atom. The van der Waals surface area contributed by atoms with Crippen LogP contribution >= 0.6 is 0 Å². The van der Waals surface area contributed by atoms with Gasteiger partial charge in [-0.15, -0.1) is 0 Å². The van der Waals surface area contributed by atoms with Crippen molar-refractivity contribution >= 4 is 5.91 Å². The third kappa shape index (κ3) is 2.20. The first-order valence-electron chi connectivity index (χ1n) is 7.42. The molecule has 0 saturated carbocycles. The Bertz CT molecular complexity index is 725. The van der Waals surface area contributed by atoms with E-state index in [4.69, 9.17) is 9.47 Å². The number of nitrogens with zero attached hydrogens (tertiary/aromatic N) is 2. The van der Waals surface area contributed by atoms with Crippen molar-refractivity contribution in [1.82, 2.24) is 14.9 Å². The van der Waals surface area contributed by atoms with Gasteiger partial charge in [0.25, 0.3) is 5.91 Å². The zero-order chi connectivity index (χ0) is 15.1. The Kier molecular flexibility index (Phi) is 3.03. The minimum Gasteiger partial charge on any atom is -0.485 e. The summed E-state index contributed by atoms with van der Waals surface area (Å²) >= 11 is 0. The summed E-state index contributed by atoms with van der Waals surface area (Å²) in [6.45, 7) is 3.40. The van der Waals surface area contributed by atoms with Gasteiger partial charge in [-0.3, -0.25) is 4.79 Å². The molecule has 0 bridgehead atoms. The number of rotatable bonds is 1. The number of aromatic nitrogens is 2. The lowest BCUT2D eigenvalue weighted by molar-refractivity contribution is -0.142. The first-order chi connectivity index (χ1) is 10.7. The number of H-pyrrole nitrogens is 1. The van der Waals surface area contributed by atoms with Crippen molar-refractivity contribution in [3.63, 3.8) is 0 Å². The summed E-state index contributed by atoms with van der Waals surface area (Å²) in [5.74, 6) is 2.18. The number of carbonyl (C=O) groups is 1. The van der Waals surface area contributed by atoms with Crippen LogP contribution in [0.2, 0.25) is 0 Å². The van der Waals surface area contributed by atoms with E-state index in [0.717, 1.165) is 23.6 Å². The summed E-state index contributed by atoms with van der Waals surface area (Å²) in [6, 6.07) is 7.42. The Hall–Kier alpha value is -2.50. The van der Waals surface area contributed by atoms with Crippen LogP contribution in [0.3, 0.4) is 0 Å². The third-order valence-electron chi connectivity index (χ3n) is 4.05. The van der Waals surface area contributed by atoms with E-state index in [1.54, 1.807) is 0 Å². The van der Waals surface area contributed by atoms with Crippen molar-refractivity contribution < 1.29 is 14.3 Å². The molecule has 0 spiro atoms. The molecule has 0 fully saturated rings. The molecule has 4 rings (SSSR count). The SMILES string of the molecule is Cc1nc2c([nH]1)CN(C(=O)[C@H]1COc3ccccc3O1)CC2. The highest BCUT2D eigenvalue weighted by Gasteiger charge is 2.33. The Balaban J connectivity index is 1.49. The maximum absolute atomic E-state index is 12.7. The average molecular weight is 299 g/mol. The van der Waals surface area contributed by atoms with Gasteiger partial charge in [-0.25, -0.2) is 4.98 Å². The van der Waals surface area contributed by atoms with Crippen molar-refractivity contribution in [3.05, 3.63) is 41.5 Å². The molecule has 3 heterocycles. The monoisotopic (exact) mass is 299 g/mol. The fourth-order valence-corrected chi connectivity index (χ4v) is 2.97. The number of carbonyl (C=O) groups excluding carboxylic acids is 1. The second kappa shape index (κ2) is 5.05. The third-order valence-corrected chi connectivity index (χ3v) is 4.05. The molecule has 2 aliphatic heterocycles. The highest BCUT2D eigenvalue weighted by Crippen LogP contribution is 2.31. The molecule has 1 atom stereocenters. The number of imidazole rings is 1. The van der Waals surface area contributed by atoms with Crippen LogP contribution in [0, 0.1) is 6.92 Å². The highest BCUT2D eigenvalue weighted by molar-refractivity contribution is 5.82. The van der Waals surface area contributed by atoms with Crippen molar-refractivity contribution in [2.24, 2.45) is 0 Å². The van der Waals surface area contributed by atoms with Gasteiger partial charge >= 0.3 is 0 Å². The van der Waals surface area contributed by atoms with Crippen LogP contribution in [0.15, 0.2) is 24.3 Å². The van der Waals surface area contributed by atoms with E-state index in [0.29, 0.717) is 24.6 Å². The standard InChI is InChI=1S/C16H17N3O3/c1-10-17-11-6-7-19(8-12(11)18-10)16(20)15-9-21-13-4-2-3-5-14(13)22-15/h2-5,15H,6-9H2,1H3,(H,17,18)/t15-/m1/s1. The van der Waals surface area contributed by atoms with Gasteiger partial charge in [-0.2, -0.15) is 0 Å². The largest absolute Gasteiger partial charge is 0.485 e. The smallest absolute Gasteiger partial charge is 0.267 e. The van der Waals surface area contributed by atoms with Crippen LogP contribution in [-0.2, 0) is 17.8 Å². The minimum atomic E-state index is -0.583. The van der Waals surface area contributed by atoms with Crippen LogP contribution < -0.4 is 9.47 Å². The number of hydrogen-bond acceptors (Lipinski definition) is 4. The van der Waals surface area contributed by atoms with E-state index in [2.05, 4.69) is 9.97 Å². The summed E-state index contributed by atoms with van der Waals surface area (Å²) in [5, 5.41) is 0. The number of aryl methyl sites for hydroxylation is 1. The zero-order valence-corrected chi connectivity index (χ0v) is 12.3. The Morgan fingerprint density at radius 2 is 2.18 bits per heavy atom. The summed E-state index contributed by atoms with van der Waals surface area (Å²) in [4.78, 5) is 22.1. The zero-order valence-electron chi connectivity index (χ0n) is 12.3. The molecule has 1 N–H and O–H groups in total. The molecule has 6 nitrogen and oxygen atoms in total. The van der Waals surface area contributed by atoms with Crippen molar-refractivity contribution in [1.29, 1.82) is 0 Å². The number of fused-ring (bicyclic) bond motifs is 2. The van der Waals surface area contributed by atoms with Gasteiger partial charge < -0.3 is 19.4 Å². The number of nitrogens with one attached hydrogen (secondary N) is 1. The molecule has 1 aromatic heterocycles. The highest BCUT2D eigenvalue weighted by atomic mass is 16.6. The lowest BCUT2D eigenvalue weighted by atomic mass is 10.1. The van der Waals surface area contributed by atoms with Gasteiger partial charge in [-0.05, 0) is 19.1 Å². The number of ether oxygens (including phenoxy) is 2. The molecule has 22 heavy (non-hydrogen) atoms. The molecular formula is C16H17N3O3. The predicted octanol–water partition coefficient (Wildman–Crippen LogP) is 1.44. The van der Waals surface area contributed by atoms with Gasteiger partial charge in [0.15, 0.2) is 11.5 Å². The topological polar surface area (TPSA) is 67.5 Å². The van der Waals surface area contributed by atoms with E-state index in [1.807, 2.05) is 36.1 Å². The summed E-state index contributed by atoms with van der Waals surface area (Å²) in [5.41, 5.74) is 2.09. The Labute approximate surface area is 128 Å². The molecule has 6 heteroatoms. The molecule has 0 saturated heterocycles. The van der Waals surface area contributed by atoms with Crippen LogP contribution in [-0.4, -0.2) is 40.0 Å². The van der Waals surface area contributed by atoms with E-state index in [9.17, 15) is 4.79 Å². The van der Waals surface area contributed by atoms with Crippen molar-refractivity contribution in [2.75, 3.05) is 13.2 Å². The fourth-order valence-electron chi connectivity index (χ4n) is 2.97. The normalized spacial score (nSPS) is 19.7. The van der Waals surface area contributed by atoms with Gasteiger partial charge in [0.2, 0.25) is 6.10 Å². The number of benzene rings is 1. The maximum atomic E-state index is 12.7. The van der Waals surface area contributed by atoms with E-state index >= 15 is 0 Å². The molecule has 1 aromatic carbocycles. The maximum Gasteiger partial charge on any atom is 0.267 e. The molecule has 0 radical (unpaired) electrons. The number of hydrogen-bond donors (Lipinski definition) is 1. The van der Waals surface area contributed by atoms with Crippen LogP contribution in [0.4, 0.5) is 0 Å². The fraction of sp³-hybridized carbons (Fsp3) is 0.375. The number of aromatic amines is 1. The van der Waals surface area contributed by atoms with Gasteiger partial charge in [-0.1, -0.05) is 12.1 Å². The molecule has 0 unspecified atom stereocenters. The second-order valence-electron chi connectivity index (χ2n) is 5.62. The van der Waals surface area contributed by atoms with E-state index in [-0.39, 0.29) is 12.5 Å². The molecule has 0 aliphatic carbocycles. The lowest BCUT2D eigenvalue weighted by Crippen LogP contribution is -2.48. The van der Waals surface area contributed by atoms with Crippen LogP contribution in [0.5, 0.6) is 11.5 Å². The summed E-state index contributed by atoms with van der Waals surface area (Å²) in [6.07, 6.45) is 0.190. The summed E-state index contributed by atoms with van der Waals surface area (Å²) < 4.78 is 11.4. The molecule has 114 valence electrons. The quantitative estimate of drug-likeness (QED) is 0.865. The number of amides is 1. The second-order valence-corrected chi connectivity index (χ2v) is 5.62. The molecule has 2 aliphatic rings. The number of para-hydroxylation sites is 2. The van der Waals surface area contributed by atoms with Crippen LogP contribution in [0.25, 0.3) is 0 Å². The molecular weight excluding hydrogens is 282 g/mol. The molecule has 1 amide bonds. The average Bonchev–Trinajstić information content (AvgIpc) is 2.92. The Morgan fingerprint density at radius 1 is 1.36 bits per heavy atom.